The van der Waals surface area contributed by atoms with E-state index in [2.05, 4.69) is 4.90 Å². The van der Waals surface area contributed by atoms with Gasteiger partial charge >= 0.3 is 0 Å². The molecule has 0 aromatic heterocycles. The van der Waals surface area contributed by atoms with Crippen molar-refractivity contribution in [3.05, 3.63) is 24.3 Å². The summed E-state index contributed by atoms with van der Waals surface area (Å²) in [6.45, 7) is 8.38. The van der Waals surface area contributed by atoms with Crippen LogP contribution in [0.25, 0.3) is 0 Å². The summed E-state index contributed by atoms with van der Waals surface area (Å²) < 4.78 is 26.4. The normalized spacial score (nSPS) is 18.0. The van der Waals surface area contributed by atoms with Gasteiger partial charge in [-0.25, -0.2) is 8.42 Å². The van der Waals surface area contributed by atoms with Gasteiger partial charge in [-0.2, -0.15) is 4.31 Å². The zero-order valence-corrected chi connectivity index (χ0v) is 13.9. The third-order valence-corrected chi connectivity index (χ3v) is 5.89. The first-order valence-electron chi connectivity index (χ1n) is 7.26. The molecule has 0 atom stereocenters. The molecule has 118 valence electrons. The van der Waals surface area contributed by atoms with Crippen molar-refractivity contribution in [2.75, 3.05) is 42.6 Å². The number of piperazine rings is 1. The number of sulfonamides is 1. The third-order valence-electron chi connectivity index (χ3n) is 3.51. The van der Waals surface area contributed by atoms with Crippen molar-refractivity contribution < 1.29 is 8.42 Å². The molecule has 0 aliphatic carbocycles. The van der Waals surface area contributed by atoms with Crippen molar-refractivity contribution in [1.29, 1.82) is 0 Å². The fraction of sp³-hybridized carbons (Fsp3) is 0.600. The van der Waals surface area contributed by atoms with E-state index in [0.717, 1.165) is 11.4 Å². The van der Waals surface area contributed by atoms with E-state index >= 15 is 0 Å². The zero-order chi connectivity index (χ0) is 15.7. The SMILES string of the molecule is CC(C)(C)CS(=O)(=O)N1CCN(c2ccc(N)cc2)CC1. The van der Waals surface area contributed by atoms with Crippen LogP contribution in [0.4, 0.5) is 11.4 Å². The molecule has 0 bridgehead atoms. The van der Waals surface area contributed by atoms with Crippen LogP contribution < -0.4 is 10.6 Å². The minimum absolute atomic E-state index is 0.196. The van der Waals surface area contributed by atoms with Crippen LogP contribution in [0, 0.1) is 5.41 Å². The fourth-order valence-corrected chi connectivity index (χ4v) is 4.54. The quantitative estimate of drug-likeness (QED) is 0.864. The van der Waals surface area contributed by atoms with Crippen LogP contribution >= 0.6 is 0 Å². The number of hydrogen-bond donors (Lipinski definition) is 1. The Hall–Kier alpha value is -1.27. The summed E-state index contributed by atoms with van der Waals surface area (Å²) in [7, 11) is -3.17. The van der Waals surface area contributed by atoms with Gasteiger partial charge in [0.15, 0.2) is 0 Å². The Morgan fingerprint density at radius 1 is 1.05 bits per heavy atom. The lowest BCUT2D eigenvalue weighted by Gasteiger charge is -2.36. The van der Waals surface area contributed by atoms with Gasteiger partial charge in [0.1, 0.15) is 0 Å². The Labute approximate surface area is 127 Å². The van der Waals surface area contributed by atoms with Gasteiger partial charge in [0.05, 0.1) is 5.75 Å². The Morgan fingerprint density at radius 3 is 2.05 bits per heavy atom. The summed E-state index contributed by atoms with van der Waals surface area (Å²) in [5.41, 5.74) is 7.31. The molecule has 0 amide bonds. The Bertz CT molecular complexity index is 568. The molecular weight excluding hydrogens is 286 g/mol. The van der Waals surface area contributed by atoms with Crippen LogP contribution in [-0.2, 0) is 10.0 Å². The predicted octanol–water partition coefficient (Wildman–Crippen LogP) is 1.77. The van der Waals surface area contributed by atoms with Crippen LogP contribution in [-0.4, -0.2) is 44.7 Å². The van der Waals surface area contributed by atoms with Crippen molar-refractivity contribution in [2.24, 2.45) is 5.41 Å². The topological polar surface area (TPSA) is 66.6 Å². The van der Waals surface area contributed by atoms with Crippen LogP contribution in [0.2, 0.25) is 0 Å². The molecule has 0 radical (unpaired) electrons. The number of nitrogens with two attached hydrogens (primary N) is 1. The summed E-state index contributed by atoms with van der Waals surface area (Å²) in [4.78, 5) is 2.20. The first-order chi connectivity index (χ1) is 9.67. The minimum Gasteiger partial charge on any atom is -0.399 e. The molecule has 6 heteroatoms. The van der Waals surface area contributed by atoms with Crippen molar-refractivity contribution >= 4 is 21.4 Å². The fourth-order valence-electron chi connectivity index (χ4n) is 2.55. The lowest BCUT2D eigenvalue weighted by atomic mass is 10.0. The predicted molar refractivity (Wildman–Crippen MR) is 87.9 cm³/mol. The van der Waals surface area contributed by atoms with Crippen molar-refractivity contribution in [3.63, 3.8) is 0 Å². The molecule has 1 aromatic rings. The van der Waals surface area contributed by atoms with Gasteiger partial charge in [0.2, 0.25) is 10.0 Å². The summed E-state index contributed by atoms with van der Waals surface area (Å²) in [6, 6.07) is 7.71. The highest BCUT2D eigenvalue weighted by atomic mass is 32.2. The Kier molecular flexibility index (Phi) is 4.49. The molecule has 21 heavy (non-hydrogen) atoms. The van der Waals surface area contributed by atoms with Gasteiger partial charge in [-0.05, 0) is 29.7 Å². The molecule has 1 aromatic carbocycles. The Balaban J connectivity index is 1.98. The van der Waals surface area contributed by atoms with Gasteiger partial charge < -0.3 is 10.6 Å². The summed E-state index contributed by atoms with van der Waals surface area (Å²) in [6.07, 6.45) is 0. The highest BCUT2D eigenvalue weighted by Gasteiger charge is 2.30. The van der Waals surface area contributed by atoms with Crippen LogP contribution in [0.15, 0.2) is 24.3 Å². The molecule has 1 fully saturated rings. The van der Waals surface area contributed by atoms with Crippen LogP contribution in [0.1, 0.15) is 20.8 Å². The maximum Gasteiger partial charge on any atom is 0.214 e. The van der Waals surface area contributed by atoms with E-state index in [1.807, 2.05) is 45.0 Å². The lowest BCUT2D eigenvalue weighted by Crippen LogP contribution is -2.50. The minimum atomic E-state index is -3.17. The Morgan fingerprint density at radius 2 is 1.57 bits per heavy atom. The van der Waals surface area contributed by atoms with Crippen LogP contribution in [0.3, 0.4) is 0 Å². The third kappa shape index (κ3) is 4.35. The number of hydrogen-bond acceptors (Lipinski definition) is 4. The molecule has 1 aliphatic heterocycles. The van der Waals surface area contributed by atoms with E-state index < -0.39 is 10.0 Å². The number of rotatable bonds is 3. The number of nitrogens with zero attached hydrogens (tertiary/aromatic N) is 2. The first-order valence-corrected chi connectivity index (χ1v) is 8.87. The second kappa shape index (κ2) is 5.85. The van der Waals surface area contributed by atoms with E-state index in [9.17, 15) is 8.42 Å². The van der Waals surface area contributed by atoms with Gasteiger partial charge in [-0.1, -0.05) is 20.8 Å². The average Bonchev–Trinajstić information content (AvgIpc) is 2.37. The smallest absolute Gasteiger partial charge is 0.214 e. The molecule has 5 nitrogen and oxygen atoms in total. The highest BCUT2D eigenvalue weighted by Crippen LogP contribution is 2.22. The largest absolute Gasteiger partial charge is 0.399 e. The van der Waals surface area contributed by atoms with E-state index in [1.54, 1.807) is 4.31 Å². The molecule has 1 heterocycles. The molecule has 1 aliphatic rings. The van der Waals surface area contributed by atoms with Crippen molar-refractivity contribution in [3.8, 4) is 0 Å². The molecule has 0 saturated carbocycles. The number of benzene rings is 1. The van der Waals surface area contributed by atoms with Crippen molar-refractivity contribution in [1.82, 2.24) is 4.31 Å². The zero-order valence-electron chi connectivity index (χ0n) is 13.0. The second-order valence-electron chi connectivity index (χ2n) is 6.79. The second-order valence-corrected chi connectivity index (χ2v) is 8.76. The van der Waals surface area contributed by atoms with E-state index in [-0.39, 0.29) is 11.2 Å². The standard InChI is InChI=1S/C15H25N3O2S/c1-15(2,3)12-21(19,20)18-10-8-17(9-11-18)14-6-4-13(16)5-7-14/h4-7H,8-12,16H2,1-3H3. The number of anilines is 2. The average molecular weight is 311 g/mol. The number of nitrogen functional groups attached to an aromatic ring is 1. The van der Waals surface area contributed by atoms with Gasteiger partial charge in [-0.15, -0.1) is 0 Å². The van der Waals surface area contributed by atoms with Gasteiger partial charge in [0.25, 0.3) is 0 Å². The maximum absolute atomic E-state index is 12.4. The molecule has 1 saturated heterocycles. The van der Waals surface area contributed by atoms with E-state index in [1.165, 1.54) is 0 Å². The lowest BCUT2D eigenvalue weighted by molar-refractivity contribution is 0.369. The summed E-state index contributed by atoms with van der Waals surface area (Å²) >= 11 is 0. The molecule has 2 N–H and O–H groups in total. The first kappa shape index (κ1) is 16.1. The van der Waals surface area contributed by atoms with Crippen LogP contribution in [0.5, 0.6) is 0 Å². The highest BCUT2D eigenvalue weighted by molar-refractivity contribution is 7.89. The monoisotopic (exact) mass is 311 g/mol. The molecule has 0 unspecified atom stereocenters. The summed E-state index contributed by atoms with van der Waals surface area (Å²) in [5, 5.41) is 0. The van der Waals surface area contributed by atoms with Crippen molar-refractivity contribution in [2.45, 2.75) is 20.8 Å². The molecular formula is C15H25N3O2S. The maximum atomic E-state index is 12.4. The van der Waals surface area contributed by atoms with E-state index in [4.69, 9.17) is 5.73 Å². The molecule has 2 rings (SSSR count). The van der Waals surface area contributed by atoms with Gasteiger partial charge in [-0.3, -0.25) is 0 Å². The van der Waals surface area contributed by atoms with Gasteiger partial charge in [0, 0.05) is 37.6 Å². The summed E-state index contributed by atoms with van der Waals surface area (Å²) in [5.74, 6) is 0.196. The van der Waals surface area contributed by atoms with E-state index in [0.29, 0.717) is 26.2 Å². The molecule has 0 spiro atoms.